The number of hydrogen-bond acceptors (Lipinski definition) is 4. The number of anilines is 1. The van der Waals surface area contributed by atoms with Gasteiger partial charge in [-0.15, -0.1) is 0 Å². The van der Waals surface area contributed by atoms with Crippen LogP contribution in [0.5, 0.6) is 0 Å². The molecule has 29 heavy (non-hydrogen) atoms. The maximum absolute atomic E-state index is 13.7. The summed E-state index contributed by atoms with van der Waals surface area (Å²) in [7, 11) is 0. The number of benzene rings is 2. The van der Waals surface area contributed by atoms with Crippen molar-refractivity contribution < 1.29 is 9.18 Å². The normalized spacial score (nSPS) is 13.1. The lowest BCUT2D eigenvalue weighted by molar-refractivity contribution is 0.0948. The molecule has 0 fully saturated rings. The van der Waals surface area contributed by atoms with E-state index in [1.807, 2.05) is 6.07 Å². The third-order valence-corrected chi connectivity index (χ3v) is 5.15. The second kappa shape index (κ2) is 8.39. The van der Waals surface area contributed by atoms with Crippen LogP contribution in [0.4, 0.5) is 10.2 Å². The van der Waals surface area contributed by atoms with Gasteiger partial charge in [0.25, 0.3) is 5.91 Å². The summed E-state index contributed by atoms with van der Waals surface area (Å²) in [5.41, 5.74) is 3.56. The Morgan fingerprint density at radius 1 is 1.10 bits per heavy atom. The fourth-order valence-corrected chi connectivity index (χ4v) is 3.62. The number of fused-ring (bicyclic) bond motifs is 1. The van der Waals surface area contributed by atoms with Gasteiger partial charge in [-0.3, -0.25) is 4.79 Å². The van der Waals surface area contributed by atoms with E-state index in [2.05, 4.69) is 38.4 Å². The Morgan fingerprint density at radius 2 is 1.86 bits per heavy atom. The highest BCUT2D eigenvalue weighted by molar-refractivity contribution is 5.93. The van der Waals surface area contributed by atoms with Gasteiger partial charge in [0.15, 0.2) is 0 Å². The van der Waals surface area contributed by atoms with Crippen molar-refractivity contribution in [1.29, 1.82) is 0 Å². The highest BCUT2D eigenvalue weighted by Crippen LogP contribution is 2.23. The van der Waals surface area contributed by atoms with Gasteiger partial charge in [-0.1, -0.05) is 42.5 Å². The van der Waals surface area contributed by atoms with Gasteiger partial charge >= 0.3 is 0 Å². The summed E-state index contributed by atoms with van der Waals surface area (Å²) >= 11 is 0. The van der Waals surface area contributed by atoms with E-state index in [-0.39, 0.29) is 11.7 Å². The van der Waals surface area contributed by atoms with Gasteiger partial charge in [-0.2, -0.15) is 0 Å². The lowest BCUT2D eigenvalue weighted by Crippen LogP contribution is -2.32. The van der Waals surface area contributed by atoms with Crippen molar-refractivity contribution in [3.63, 3.8) is 0 Å². The third-order valence-electron chi connectivity index (χ3n) is 5.15. The molecule has 0 atom stereocenters. The van der Waals surface area contributed by atoms with E-state index in [9.17, 15) is 9.18 Å². The van der Waals surface area contributed by atoms with Gasteiger partial charge in [0.05, 0.1) is 0 Å². The summed E-state index contributed by atoms with van der Waals surface area (Å²) in [5.74, 6) is 0.782. The van der Waals surface area contributed by atoms with Crippen molar-refractivity contribution in [1.82, 2.24) is 15.3 Å². The predicted molar refractivity (Wildman–Crippen MR) is 110 cm³/mol. The largest absolute Gasteiger partial charge is 0.352 e. The second-order valence-corrected chi connectivity index (χ2v) is 7.20. The number of carbonyl (C=O) groups excluding carboxylic acids is 1. The molecule has 1 aliphatic heterocycles. The number of carbonyl (C=O) groups is 1. The maximum atomic E-state index is 13.7. The summed E-state index contributed by atoms with van der Waals surface area (Å²) in [6.45, 7) is 3.75. The molecule has 1 aromatic heterocycles. The van der Waals surface area contributed by atoms with Crippen LogP contribution in [0.2, 0.25) is 0 Å². The molecule has 1 amide bonds. The quantitative estimate of drug-likeness (QED) is 0.725. The monoisotopic (exact) mass is 390 g/mol. The molecule has 0 saturated heterocycles. The minimum Gasteiger partial charge on any atom is -0.352 e. The first-order valence-electron chi connectivity index (χ1n) is 9.79. The van der Waals surface area contributed by atoms with Crippen molar-refractivity contribution in [2.24, 2.45) is 0 Å². The summed E-state index contributed by atoms with van der Waals surface area (Å²) in [4.78, 5) is 23.6. The van der Waals surface area contributed by atoms with E-state index in [0.29, 0.717) is 30.0 Å². The number of aryl methyl sites for hydroxylation is 1. The molecule has 2 heterocycles. The van der Waals surface area contributed by atoms with Crippen LogP contribution in [0.15, 0.2) is 54.6 Å². The van der Waals surface area contributed by atoms with Crippen LogP contribution in [0.25, 0.3) is 0 Å². The van der Waals surface area contributed by atoms with Gasteiger partial charge in [-0.05, 0) is 42.5 Å². The number of nitrogens with zero attached hydrogens (tertiary/aromatic N) is 3. The third kappa shape index (κ3) is 4.42. The van der Waals surface area contributed by atoms with E-state index in [4.69, 9.17) is 0 Å². The molecule has 0 bridgehead atoms. The lowest BCUT2D eigenvalue weighted by atomic mass is 10.00. The molecular weight excluding hydrogens is 367 g/mol. The first kappa shape index (κ1) is 19.1. The molecule has 3 aromatic rings. The smallest absolute Gasteiger partial charge is 0.270 e. The zero-order valence-electron chi connectivity index (χ0n) is 16.4. The standard InChI is InChI=1S/C23H23FN4O/c1-16-26-21(23(29)25-12-10-18-7-4-5-9-20(18)24)14-22(27-16)28-13-11-17-6-2-3-8-19(17)15-28/h2-9,14H,10-13,15H2,1H3,(H,25,29). The number of aromatic nitrogens is 2. The summed E-state index contributed by atoms with van der Waals surface area (Å²) in [5, 5.41) is 2.83. The van der Waals surface area contributed by atoms with Gasteiger partial charge < -0.3 is 10.2 Å². The minimum absolute atomic E-state index is 0.257. The van der Waals surface area contributed by atoms with Crippen molar-refractivity contribution in [2.45, 2.75) is 26.3 Å². The number of rotatable bonds is 5. The van der Waals surface area contributed by atoms with Gasteiger partial charge in [0.2, 0.25) is 0 Å². The first-order valence-corrected chi connectivity index (χ1v) is 9.79. The minimum atomic E-state index is -0.273. The van der Waals surface area contributed by atoms with E-state index in [1.165, 1.54) is 17.2 Å². The van der Waals surface area contributed by atoms with E-state index in [0.717, 1.165) is 25.3 Å². The molecular formula is C23H23FN4O. The van der Waals surface area contributed by atoms with Crippen LogP contribution in [0, 0.1) is 12.7 Å². The molecule has 5 nitrogen and oxygen atoms in total. The molecule has 6 heteroatoms. The van der Waals surface area contributed by atoms with E-state index in [1.54, 1.807) is 31.2 Å². The molecule has 1 aliphatic rings. The summed E-state index contributed by atoms with van der Waals surface area (Å²) in [6.07, 6.45) is 1.38. The molecule has 0 spiro atoms. The molecule has 2 aromatic carbocycles. The summed E-state index contributed by atoms with van der Waals surface area (Å²) in [6, 6.07) is 16.7. The van der Waals surface area contributed by atoms with Crippen LogP contribution >= 0.6 is 0 Å². The Morgan fingerprint density at radius 3 is 2.69 bits per heavy atom. The topological polar surface area (TPSA) is 58.1 Å². The van der Waals surface area contributed by atoms with Gasteiger partial charge in [0.1, 0.15) is 23.2 Å². The highest BCUT2D eigenvalue weighted by Gasteiger charge is 2.19. The molecule has 1 N–H and O–H groups in total. The van der Waals surface area contributed by atoms with Crippen LogP contribution in [-0.4, -0.2) is 29.0 Å². The lowest BCUT2D eigenvalue weighted by Gasteiger charge is -2.30. The van der Waals surface area contributed by atoms with Crippen molar-refractivity contribution in [3.05, 3.63) is 88.6 Å². The van der Waals surface area contributed by atoms with Gasteiger partial charge in [0, 0.05) is 25.7 Å². The van der Waals surface area contributed by atoms with Crippen LogP contribution in [0.3, 0.4) is 0 Å². The van der Waals surface area contributed by atoms with Crippen molar-refractivity contribution >= 4 is 11.7 Å². The average Bonchev–Trinajstić information content (AvgIpc) is 2.74. The molecule has 0 radical (unpaired) electrons. The maximum Gasteiger partial charge on any atom is 0.270 e. The Labute approximate surface area is 169 Å². The molecule has 0 aliphatic carbocycles. The van der Waals surface area contributed by atoms with Crippen molar-refractivity contribution in [2.75, 3.05) is 18.0 Å². The number of amides is 1. The number of halogens is 1. The zero-order valence-corrected chi connectivity index (χ0v) is 16.4. The molecule has 148 valence electrons. The average molecular weight is 390 g/mol. The second-order valence-electron chi connectivity index (χ2n) is 7.20. The fraction of sp³-hybridized carbons (Fsp3) is 0.261. The molecule has 0 unspecified atom stereocenters. The van der Waals surface area contributed by atoms with E-state index < -0.39 is 0 Å². The van der Waals surface area contributed by atoms with Crippen LogP contribution in [0.1, 0.15) is 33.0 Å². The SMILES string of the molecule is Cc1nc(C(=O)NCCc2ccccc2F)cc(N2CCc3ccccc3C2)n1. The van der Waals surface area contributed by atoms with E-state index >= 15 is 0 Å². The zero-order chi connectivity index (χ0) is 20.2. The highest BCUT2D eigenvalue weighted by atomic mass is 19.1. The first-order chi connectivity index (χ1) is 14.1. The number of nitrogens with one attached hydrogen (secondary N) is 1. The predicted octanol–water partition coefficient (Wildman–Crippen LogP) is 3.46. The van der Waals surface area contributed by atoms with Crippen molar-refractivity contribution in [3.8, 4) is 0 Å². The molecule has 4 rings (SSSR count). The Kier molecular flexibility index (Phi) is 5.51. The Hall–Kier alpha value is -3.28. The van der Waals surface area contributed by atoms with Crippen LogP contribution in [-0.2, 0) is 19.4 Å². The Balaban J connectivity index is 1.44. The molecule has 0 saturated carbocycles. The summed E-state index contributed by atoms with van der Waals surface area (Å²) < 4.78 is 13.7. The van der Waals surface area contributed by atoms with Crippen LogP contribution < -0.4 is 10.2 Å². The van der Waals surface area contributed by atoms with Gasteiger partial charge in [-0.25, -0.2) is 14.4 Å². The fourth-order valence-electron chi connectivity index (χ4n) is 3.62. The number of hydrogen-bond donors (Lipinski definition) is 1. The Bertz CT molecular complexity index is 1040.